The van der Waals surface area contributed by atoms with Gasteiger partial charge in [-0.1, -0.05) is 60.7 Å². The second kappa shape index (κ2) is 10.2. The van der Waals surface area contributed by atoms with Crippen LogP contribution in [0.25, 0.3) is 0 Å². The van der Waals surface area contributed by atoms with Gasteiger partial charge >= 0.3 is 0 Å². The van der Waals surface area contributed by atoms with Crippen molar-refractivity contribution < 1.29 is 9.47 Å². The van der Waals surface area contributed by atoms with Crippen molar-refractivity contribution in [1.82, 2.24) is 5.43 Å². The minimum atomic E-state index is 0.569. The Bertz CT molecular complexity index is 1250. The predicted molar refractivity (Wildman–Crippen MR) is 137 cm³/mol. The van der Waals surface area contributed by atoms with Crippen molar-refractivity contribution in [3.05, 3.63) is 132 Å². The first kappa shape index (κ1) is 21.7. The molecule has 4 aromatic carbocycles. The van der Waals surface area contributed by atoms with E-state index < -0.39 is 0 Å². The van der Waals surface area contributed by atoms with E-state index in [-0.39, 0.29) is 0 Å². The highest BCUT2D eigenvalue weighted by molar-refractivity contribution is 5.52. The molecule has 170 valence electrons. The number of hydrazine groups is 1. The van der Waals surface area contributed by atoms with E-state index in [2.05, 4.69) is 53.8 Å². The third kappa shape index (κ3) is 5.41. The normalized spacial score (nSPS) is 13.0. The molecule has 4 aromatic rings. The molecule has 0 fully saturated rings. The highest BCUT2D eigenvalue weighted by atomic mass is 16.5. The molecule has 34 heavy (non-hydrogen) atoms. The van der Waals surface area contributed by atoms with Crippen molar-refractivity contribution in [2.45, 2.75) is 20.0 Å². The van der Waals surface area contributed by atoms with Crippen LogP contribution in [0.2, 0.25) is 0 Å². The third-order valence-corrected chi connectivity index (χ3v) is 5.84. The Balaban J connectivity index is 1.19. The van der Waals surface area contributed by atoms with Crippen LogP contribution >= 0.6 is 0 Å². The van der Waals surface area contributed by atoms with Gasteiger partial charge < -0.3 is 14.9 Å². The van der Waals surface area contributed by atoms with E-state index in [0.29, 0.717) is 6.61 Å². The van der Waals surface area contributed by atoms with Gasteiger partial charge in [0, 0.05) is 12.1 Å². The number of nitrogens with one attached hydrogen (secondary N) is 1. The Morgan fingerprint density at radius 2 is 1.38 bits per heavy atom. The molecular weight excluding hydrogens is 420 g/mol. The molecule has 0 aromatic heterocycles. The van der Waals surface area contributed by atoms with Crippen LogP contribution in [0.5, 0.6) is 17.2 Å². The van der Waals surface area contributed by atoms with Crippen LogP contribution in [-0.4, -0.2) is 6.54 Å². The van der Waals surface area contributed by atoms with Crippen LogP contribution in [0.3, 0.4) is 0 Å². The first-order chi connectivity index (χ1) is 16.7. The van der Waals surface area contributed by atoms with Crippen LogP contribution in [0.1, 0.15) is 18.1 Å². The number of hydrogen-bond acceptors (Lipinski definition) is 4. The molecule has 5 rings (SSSR count). The highest BCUT2D eigenvalue weighted by Crippen LogP contribution is 2.27. The zero-order valence-corrected chi connectivity index (χ0v) is 19.3. The van der Waals surface area contributed by atoms with E-state index in [1.807, 2.05) is 72.8 Å². The predicted octanol–water partition coefficient (Wildman–Crippen LogP) is 6.90. The molecule has 0 radical (unpaired) electrons. The first-order valence-electron chi connectivity index (χ1n) is 11.5. The number of ether oxygens (including phenoxy) is 2. The lowest BCUT2D eigenvalue weighted by atomic mass is 10.1. The SMILES string of the molecule is CC1=C(Cc2cccc(Oc3ccccc3)c2)NN(c2ccc(OCc3ccccc3)cc2)C1. The average Bonchev–Trinajstić information content (AvgIpc) is 3.24. The van der Waals surface area contributed by atoms with Crippen LogP contribution in [0, 0.1) is 0 Å². The molecular formula is C30H28N2O2. The van der Waals surface area contributed by atoms with Crippen molar-refractivity contribution in [2.75, 3.05) is 11.6 Å². The van der Waals surface area contributed by atoms with E-state index in [9.17, 15) is 0 Å². The summed E-state index contributed by atoms with van der Waals surface area (Å²) in [6, 6.07) is 36.6. The summed E-state index contributed by atoms with van der Waals surface area (Å²) in [4.78, 5) is 0. The molecule has 1 aliphatic rings. The fourth-order valence-corrected chi connectivity index (χ4v) is 3.99. The van der Waals surface area contributed by atoms with Gasteiger partial charge in [-0.25, -0.2) is 0 Å². The molecule has 0 spiro atoms. The summed E-state index contributed by atoms with van der Waals surface area (Å²) >= 11 is 0. The molecule has 0 saturated carbocycles. The van der Waals surface area contributed by atoms with Crippen molar-refractivity contribution >= 4 is 5.69 Å². The lowest BCUT2D eigenvalue weighted by Crippen LogP contribution is -2.32. The molecule has 0 atom stereocenters. The summed E-state index contributed by atoms with van der Waals surface area (Å²) in [5.41, 5.74) is 9.62. The van der Waals surface area contributed by atoms with Crippen molar-refractivity contribution in [1.29, 1.82) is 0 Å². The summed E-state index contributed by atoms with van der Waals surface area (Å²) < 4.78 is 11.9. The van der Waals surface area contributed by atoms with Crippen LogP contribution in [0.15, 0.2) is 120 Å². The van der Waals surface area contributed by atoms with E-state index in [0.717, 1.165) is 41.5 Å². The summed E-state index contributed by atoms with van der Waals surface area (Å²) in [6.45, 7) is 3.60. The summed E-state index contributed by atoms with van der Waals surface area (Å²) in [6.07, 6.45) is 0.826. The monoisotopic (exact) mass is 448 g/mol. The van der Waals surface area contributed by atoms with Gasteiger partial charge in [0.2, 0.25) is 0 Å². The number of rotatable bonds is 8. The number of hydrogen-bond donors (Lipinski definition) is 1. The Labute approximate surface area is 201 Å². The number of allylic oxidation sites excluding steroid dienone is 1. The highest BCUT2D eigenvalue weighted by Gasteiger charge is 2.19. The number of anilines is 1. The number of para-hydroxylation sites is 1. The van der Waals surface area contributed by atoms with Gasteiger partial charge in [0.05, 0.1) is 12.2 Å². The van der Waals surface area contributed by atoms with Gasteiger partial charge in [0.15, 0.2) is 0 Å². The van der Waals surface area contributed by atoms with Crippen molar-refractivity contribution in [3.8, 4) is 17.2 Å². The molecule has 1 heterocycles. The molecule has 4 heteroatoms. The zero-order chi connectivity index (χ0) is 23.2. The molecule has 1 N–H and O–H groups in total. The van der Waals surface area contributed by atoms with Gasteiger partial charge in [-0.15, -0.1) is 0 Å². The third-order valence-electron chi connectivity index (χ3n) is 5.84. The van der Waals surface area contributed by atoms with E-state index in [1.165, 1.54) is 16.8 Å². The van der Waals surface area contributed by atoms with Crippen molar-refractivity contribution in [3.63, 3.8) is 0 Å². The zero-order valence-electron chi connectivity index (χ0n) is 19.3. The smallest absolute Gasteiger partial charge is 0.127 e. The molecule has 0 aliphatic carbocycles. The van der Waals surface area contributed by atoms with E-state index >= 15 is 0 Å². The van der Waals surface area contributed by atoms with Crippen LogP contribution < -0.4 is 19.9 Å². The topological polar surface area (TPSA) is 33.7 Å². The lowest BCUT2D eigenvalue weighted by Gasteiger charge is -2.21. The summed E-state index contributed by atoms with van der Waals surface area (Å²) in [7, 11) is 0. The Morgan fingerprint density at radius 1 is 0.706 bits per heavy atom. The summed E-state index contributed by atoms with van der Waals surface area (Å²) in [5.74, 6) is 2.56. The maximum absolute atomic E-state index is 6.00. The Kier molecular flexibility index (Phi) is 6.48. The minimum Gasteiger partial charge on any atom is -0.489 e. The average molecular weight is 449 g/mol. The fraction of sp³-hybridized carbons (Fsp3) is 0.133. The number of benzene rings is 4. The van der Waals surface area contributed by atoms with E-state index in [1.54, 1.807) is 0 Å². The van der Waals surface area contributed by atoms with Gasteiger partial charge in [0.1, 0.15) is 23.9 Å². The second-order valence-electron chi connectivity index (χ2n) is 8.46. The molecule has 0 unspecified atom stereocenters. The maximum atomic E-state index is 6.00. The second-order valence-corrected chi connectivity index (χ2v) is 8.46. The minimum absolute atomic E-state index is 0.569. The Morgan fingerprint density at radius 3 is 2.15 bits per heavy atom. The number of nitrogens with zero attached hydrogens (tertiary/aromatic N) is 1. The maximum Gasteiger partial charge on any atom is 0.127 e. The molecule has 1 aliphatic heterocycles. The quantitative estimate of drug-likeness (QED) is 0.318. The first-order valence-corrected chi connectivity index (χ1v) is 11.5. The van der Waals surface area contributed by atoms with Crippen molar-refractivity contribution in [2.24, 2.45) is 0 Å². The molecule has 0 amide bonds. The van der Waals surface area contributed by atoms with Gasteiger partial charge in [-0.05, 0) is 72.2 Å². The Hall–Kier alpha value is -4.18. The standard InChI is InChI=1S/C30H28N2O2/c1-23-21-32(26-15-17-27(18-16-26)33-22-24-9-4-2-5-10-24)31-30(23)20-25-11-8-14-29(19-25)34-28-12-6-3-7-13-28/h2-19,31H,20-22H2,1H3. The fourth-order valence-electron chi connectivity index (χ4n) is 3.99. The van der Waals surface area contributed by atoms with Gasteiger partial charge in [-0.2, -0.15) is 0 Å². The van der Waals surface area contributed by atoms with Gasteiger partial charge in [-0.3, -0.25) is 5.01 Å². The molecule has 4 nitrogen and oxygen atoms in total. The van der Waals surface area contributed by atoms with Crippen LogP contribution in [0.4, 0.5) is 5.69 Å². The van der Waals surface area contributed by atoms with Gasteiger partial charge in [0.25, 0.3) is 0 Å². The lowest BCUT2D eigenvalue weighted by molar-refractivity contribution is 0.306. The summed E-state index contributed by atoms with van der Waals surface area (Å²) in [5, 5.41) is 2.18. The van der Waals surface area contributed by atoms with E-state index in [4.69, 9.17) is 9.47 Å². The van der Waals surface area contributed by atoms with Crippen LogP contribution in [-0.2, 0) is 13.0 Å². The largest absolute Gasteiger partial charge is 0.489 e. The molecule has 0 saturated heterocycles. The molecule has 0 bridgehead atoms.